The molecule has 0 aromatic heterocycles. The lowest BCUT2D eigenvalue weighted by Gasteiger charge is -2.15. The van der Waals surface area contributed by atoms with Gasteiger partial charge in [0.05, 0.1) is 12.2 Å². The molecule has 0 radical (unpaired) electrons. The van der Waals surface area contributed by atoms with Crippen molar-refractivity contribution in [3.63, 3.8) is 0 Å². The van der Waals surface area contributed by atoms with Crippen molar-refractivity contribution in [1.82, 2.24) is 4.31 Å². The minimum Gasteiger partial charge on any atom is -0.462 e. The van der Waals surface area contributed by atoms with Crippen LogP contribution in [0.15, 0.2) is 77.2 Å². The molecule has 32 heavy (non-hydrogen) atoms. The van der Waals surface area contributed by atoms with E-state index in [-0.39, 0.29) is 22.6 Å². The van der Waals surface area contributed by atoms with Crippen molar-refractivity contribution in [3.8, 4) is 0 Å². The van der Waals surface area contributed by atoms with E-state index in [1.54, 1.807) is 25.1 Å². The van der Waals surface area contributed by atoms with Gasteiger partial charge in [-0.1, -0.05) is 54.6 Å². The third kappa shape index (κ3) is 3.69. The standard InChI is InChI=1S/C24H19NO6S/c1-2-31-24(28)20(14-17-10-7-9-16-8-3-4-11-18(16)17)21(26)15-25-23(27)19-12-5-6-13-22(19)32(25,29)30/h3-14H,2,15H2,1H3/b20-14-. The molecular weight excluding hydrogens is 430 g/mol. The number of benzene rings is 3. The summed E-state index contributed by atoms with van der Waals surface area (Å²) in [7, 11) is -4.19. The Labute approximate surface area is 185 Å². The first kappa shape index (κ1) is 21.5. The summed E-state index contributed by atoms with van der Waals surface area (Å²) in [6.45, 7) is 0.833. The summed E-state index contributed by atoms with van der Waals surface area (Å²) in [5.41, 5.74) is 0.261. The zero-order chi connectivity index (χ0) is 22.9. The molecule has 162 valence electrons. The monoisotopic (exact) mass is 449 g/mol. The van der Waals surface area contributed by atoms with Gasteiger partial charge in [-0.3, -0.25) is 9.59 Å². The molecule has 0 N–H and O–H groups in total. The molecule has 3 aromatic rings. The summed E-state index contributed by atoms with van der Waals surface area (Å²) >= 11 is 0. The Morgan fingerprint density at radius 1 is 0.969 bits per heavy atom. The molecule has 0 unspecified atom stereocenters. The molecule has 1 aliphatic heterocycles. The Balaban J connectivity index is 1.74. The number of nitrogens with zero attached hydrogens (tertiary/aromatic N) is 1. The first-order valence-electron chi connectivity index (χ1n) is 9.90. The van der Waals surface area contributed by atoms with Crippen LogP contribution in [-0.4, -0.2) is 43.5 Å². The smallest absolute Gasteiger partial charge is 0.341 e. The first-order valence-corrected chi connectivity index (χ1v) is 11.3. The molecule has 4 rings (SSSR count). The Morgan fingerprint density at radius 2 is 1.66 bits per heavy atom. The molecule has 0 spiro atoms. The van der Waals surface area contributed by atoms with Crippen LogP contribution in [0, 0.1) is 0 Å². The number of carbonyl (C=O) groups excluding carboxylic acids is 3. The van der Waals surface area contributed by atoms with Gasteiger partial charge in [0, 0.05) is 0 Å². The molecule has 1 amide bonds. The highest BCUT2D eigenvalue weighted by Gasteiger charge is 2.42. The van der Waals surface area contributed by atoms with Crippen LogP contribution in [0.4, 0.5) is 0 Å². The van der Waals surface area contributed by atoms with E-state index in [1.807, 2.05) is 30.3 Å². The predicted octanol–water partition coefficient (Wildman–Crippen LogP) is 3.20. The quantitative estimate of drug-likeness (QED) is 0.248. The van der Waals surface area contributed by atoms with Gasteiger partial charge in [0.25, 0.3) is 15.9 Å². The molecule has 1 heterocycles. The molecule has 0 bridgehead atoms. The second-order valence-corrected chi connectivity index (χ2v) is 8.91. The number of rotatable bonds is 6. The number of hydrogen-bond acceptors (Lipinski definition) is 6. The highest BCUT2D eigenvalue weighted by atomic mass is 32.2. The number of sulfonamides is 1. The topological polar surface area (TPSA) is 97.8 Å². The Hall–Kier alpha value is -3.78. The normalized spacial score (nSPS) is 15.0. The van der Waals surface area contributed by atoms with Crippen LogP contribution in [0.3, 0.4) is 0 Å². The van der Waals surface area contributed by atoms with Gasteiger partial charge in [0.15, 0.2) is 5.78 Å². The minimum atomic E-state index is -4.19. The van der Waals surface area contributed by atoms with Gasteiger partial charge in [0.2, 0.25) is 0 Å². The third-order valence-electron chi connectivity index (χ3n) is 5.12. The van der Waals surface area contributed by atoms with Crippen LogP contribution in [0.1, 0.15) is 22.8 Å². The van der Waals surface area contributed by atoms with Crippen LogP contribution < -0.4 is 0 Å². The molecule has 1 aliphatic rings. The van der Waals surface area contributed by atoms with Gasteiger partial charge in [-0.25, -0.2) is 17.5 Å². The maximum absolute atomic E-state index is 13.1. The number of hydrogen-bond donors (Lipinski definition) is 0. The maximum Gasteiger partial charge on any atom is 0.341 e. The van der Waals surface area contributed by atoms with Gasteiger partial charge in [0.1, 0.15) is 17.0 Å². The van der Waals surface area contributed by atoms with E-state index < -0.39 is 34.2 Å². The van der Waals surface area contributed by atoms with Crippen molar-refractivity contribution in [2.24, 2.45) is 0 Å². The van der Waals surface area contributed by atoms with Crippen molar-refractivity contribution >= 4 is 44.5 Å². The number of fused-ring (bicyclic) bond motifs is 2. The predicted molar refractivity (Wildman–Crippen MR) is 118 cm³/mol. The molecule has 7 nitrogen and oxygen atoms in total. The number of ether oxygens (including phenoxy) is 1. The van der Waals surface area contributed by atoms with Gasteiger partial charge in [-0.2, -0.15) is 0 Å². The molecule has 0 saturated carbocycles. The summed E-state index contributed by atoms with van der Waals surface area (Å²) in [6.07, 6.45) is 1.38. The summed E-state index contributed by atoms with van der Waals surface area (Å²) in [6, 6.07) is 18.6. The molecule has 0 aliphatic carbocycles. The first-order chi connectivity index (χ1) is 15.3. The minimum absolute atomic E-state index is 0.00369. The lowest BCUT2D eigenvalue weighted by Crippen LogP contribution is -2.36. The van der Waals surface area contributed by atoms with E-state index >= 15 is 0 Å². The van der Waals surface area contributed by atoms with Crippen molar-refractivity contribution in [1.29, 1.82) is 0 Å². The lowest BCUT2D eigenvalue weighted by atomic mass is 10.0. The summed E-state index contributed by atoms with van der Waals surface area (Å²) in [5.74, 6) is -2.52. The van der Waals surface area contributed by atoms with Crippen LogP contribution in [0.25, 0.3) is 16.8 Å². The highest BCUT2D eigenvalue weighted by Crippen LogP contribution is 2.30. The van der Waals surface area contributed by atoms with Gasteiger partial charge >= 0.3 is 5.97 Å². The van der Waals surface area contributed by atoms with Crippen LogP contribution in [0.2, 0.25) is 0 Å². The van der Waals surface area contributed by atoms with Crippen molar-refractivity contribution in [2.75, 3.05) is 13.2 Å². The maximum atomic E-state index is 13.1. The molecular formula is C24H19NO6S. The molecule has 0 fully saturated rings. The molecule has 0 saturated heterocycles. The highest BCUT2D eigenvalue weighted by molar-refractivity contribution is 7.90. The second-order valence-electron chi connectivity index (χ2n) is 7.08. The lowest BCUT2D eigenvalue weighted by molar-refractivity contribution is -0.139. The van der Waals surface area contributed by atoms with E-state index in [4.69, 9.17) is 4.74 Å². The van der Waals surface area contributed by atoms with Crippen LogP contribution in [0.5, 0.6) is 0 Å². The number of Topliss-reactive ketones (excluding diaryl/α,β-unsaturated/α-hetero) is 1. The summed E-state index contributed by atoms with van der Waals surface area (Å²) < 4.78 is 31.1. The van der Waals surface area contributed by atoms with Gasteiger partial charge < -0.3 is 4.74 Å². The Morgan fingerprint density at radius 3 is 2.41 bits per heavy atom. The average Bonchev–Trinajstić information content (AvgIpc) is 2.98. The van der Waals surface area contributed by atoms with Crippen molar-refractivity contribution in [3.05, 3.63) is 83.4 Å². The molecule has 8 heteroatoms. The van der Waals surface area contributed by atoms with Gasteiger partial charge in [-0.15, -0.1) is 0 Å². The fourth-order valence-corrected chi connectivity index (χ4v) is 5.12. The zero-order valence-corrected chi connectivity index (χ0v) is 18.0. The van der Waals surface area contributed by atoms with E-state index in [0.717, 1.165) is 10.8 Å². The zero-order valence-electron chi connectivity index (χ0n) is 17.1. The van der Waals surface area contributed by atoms with Crippen molar-refractivity contribution < 1.29 is 27.5 Å². The van der Waals surface area contributed by atoms with E-state index in [1.165, 1.54) is 24.3 Å². The van der Waals surface area contributed by atoms with E-state index in [0.29, 0.717) is 9.87 Å². The van der Waals surface area contributed by atoms with Crippen LogP contribution in [-0.2, 0) is 24.3 Å². The number of ketones is 1. The fourth-order valence-electron chi connectivity index (χ4n) is 3.60. The van der Waals surface area contributed by atoms with Gasteiger partial charge in [-0.05, 0) is 41.5 Å². The fraction of sp³-hybridized carbons (Fsp3) is 0.125. The summed E-state index contributed by atoms with van der Waals surface area (Å²) in [5, 5.41) is 1.71. The summed E-state index contributed by atoms with van der Waals surface area (Å²) in [4.78, 5) is 38.2. The number of carbonyl (C=O) groups is 3. The van der Waals surface area contributed by atoms with Crippen molar-refractivity contribution in [2.45, 2.75) is 11.8 Å². The Kier molecular flexibility index (Phi) is 5.63. The molecule has 0 atom stereocenters. The molecule has 3 aromatic carbocycles. The largest absolute Gasteiger partial charge is 0.462 e. The number of esters is 1. The van der Waals surface area contributed by atoms with E-state index in [2.05, 4.69) is 0 Å². The van der Waals surface area contributed by atoms with E-state index in [9.17, 15) is 22.8 Å². The second kappa shape index (κ2) is 8.39. The third-order valence-corrected chi connectivity index (χ3v) is 6.91. The van der Waals surface area contributed by atoms with Crippen LogP contribution >= 0.6 is 0 Å². The average molecular weight is 449 g/mol. The number of amides is 1. The Bertz CT molecular complexity index is 1390. The SMILES string of the molecule is CCOC(=O)/C(=C\c1cccc2ccccc12)C(=O)CN1C(=O)c2ccccc2S1(=O)=O.